The number of aromatic hydroxyl groups is 1. The molecule has 15 heavy (non-hydrogen) atoms. The Morgan fingerprint density at radius 1 is 1.47 bits per heavy atom. The van der Waals surface area contributed by atoms with E-state index in [4.69, 9.17) is 15.4 Å². The molecule has 1 heterocycles. The van der Waals surface area contributed by atoms with Crippen molar-refractivity contribution in [1.82, 2.24) is 0 Å². The molecule has 1 aromatic carbocycles. The Balaban J connectivity index is 2.47. The summed E-state index contributed by atoms with van der Waals surface area (Å²) in [5, 5.41) is 9.77. The Bertz CT molecular complexity index is 383. The van der Waals surface area contributed by atoms with Gasteiger partial charge in [0, 0.05) is 5.56 Å². The second-order valence-electron chi connectivity index (χ2n) is 3.03. The summed E-state index contributed by atoms with van der Waals surface area (Å²) in [6.07, 6.45) is 0. The summed E-state index contributed by atoms with van der Waals surface area (Å²) in [5.74, 6) is 6.11. The van der Waals surface area contributed by atoms with Gasteiger partial charge in [-0.15, -0.1) is 0 Å². The molecule has 0 bridgehead atoms. The van der Waals surface area contributed by atoms with Crippen LogP contribution in [0.3, 0.4) is 0 Å². The summed E-state index contributed by atoms with van der Waals surface area (Å²) in [5.41, 5.74) is 0.550. The van der Waals surface area contributed by atoms with Crippen LogP contribution < -0.4 is 15.4 Å². The number of ether oxygens (including phenoxy) is 2. The fraction of sp³-hybridized carbons (Fsp3) is 0.333. The molecule has 0 aliphatic carbocycles. The van der Waals surface area contributed by atoms with Gasteiger partial charge in [0.2, 0.25) is 0 Å². The highest BCUT2D eigenvalue weighted by molar-refractivity contribution is 9.10. The Hall–Kier alpha value is -0.980. The predicted octanol–water partition coefficient (Wildman–Crippen LogP) is 1.32. The van der Waals surface area contributed by atoms with E-state index in [-0.39, 0.29) is 12.4 Å². The predicted molar refractivity (Wildman–Crippen MR) is 55.8 cm³/mol. The molecule has 0 radical (unpaired) electrons. The zero-order chi connectivity index (χ0) is 10.8. The van der Waals surface area contributed by atoms with Crippen LogP contribution in [-0.4, -0.2) is 18.3 Å². The minimum absolute atomic E-state index is 0.0599. The fourth-order valence-electron chi connectivity index (χ4n) is 1.39. The van der Waals surface area contributed by atoms with Crippen LogP contribution in [0.15, 0.2) is 10.5 Å². The van der Waals surface area contributed by atoms with E-state index < -0.39 is 0 Å². The lowest BCUT2D eigenvalue weighted by atomic mass is 10.2. The fourth-order valence-corrected chi connectivity index (χ4v) is 1.95. The van der Waals surface area contributed by atoms with Gasteiger partial charge in [-0.25, -0.2) is 5.90 Å². The maximum absolute atomic E-state index is 9.77. The van der Waals surface area contributed by atoms with Crippen LogP contribution in [0.5, 0.6) is 17.2 Å². The second kappa shape index (κ2) is 4.26. The van der Waals surface area contributed by atoms with Crippen molar-refractivity contribution in [2.75, 3.05) is 13.2 Å². The van der Waals surface area contributed by atoms with Crippen molar-refractivity contribution in [3.63, 3.8) is 0 Å². The quantitative estimate of drug-likeness (QED) is 0.797. The number of phenolic OH excluding ortho intramolecular Hbond substituents is 1. The highest BCUT2D eigenvalue weighted by atomic mass is 79.9. The third-order valence-corrected chi connectivity index (χ3v) is 2.80. The van der Waals surface area contributed by atoms with E-state index in [1.165, 1.54) is 0 Å². The molecule has 0 saturated carbocycles. The molecule has 5 nitrogen and oxygen atoms in total. The van der Waals surface area contributed by atoms with E-state index in [1.54, 1.807) is 6.07 Å². The highest BCUT2D eigenvalue weighted by Crippen LogP contribution is 2.45. The van der Waals surface area contributed by atoms with Gasteiger partial charge in [-0.1, -0.05) is 0 Å². The zero-order valence-electron chi connectivity index (χ0n) is 7.83. The van der Waals surface area contributed by atoms with Crippen molar-refractivity contribution < 1.29 is 19.4 Å². The third kappa shape index (κ3) is 1.88. The summed E-state index contributed by atoms with van der Waals surface area (Å²) >= 11 is 3.24. The SMILES string of the molecule is NOCc1cc2c(c(Br)c1O)OCCO2. The van der Waals surface area contributed by atoms with E-state index in [0.717, 1.165) is 0 Å². The summed E-state index contributed by atoms with van der Waals surface area (Å²) in [6.45, 7) is 1.08. The van der Waals surface area contributed by atoms with Gasteiger partial charge in [0.15, 0.2) is 11.5 Å². The molecule has 1 aliphatic heterocycles. The smallest absolute Gasteiger partial charge is 0.179 e. The van der Waals surface area contributed by atoms with E-state index in [9.17, 15) is 5.11 Å². The van der Waals surface area contributed by atoms with Crippen molar-refractivity contribution in [3.05, 3.63) is 16.1 Å². The minimum Gasteiger partial charge on any atom is -0.506 e. The topological polar surface area (TPSA) is 73.9 Å². The lowest BCUT2D eigenvalue weighted by molar-refractivity contribution is 0.120. The monoisotopic (exact) mass is 275 g/mol. The molecule has 2 rings (SSSR count). The first-order valence-electron chi connectivity index (χ1n) is 4.35. The van der Waals surface area contributed by atoms with Crippen LogP contribution in [-0.2, 0) is 11.4 Å². The van der Waals surface area contributed by atoms with Gasteiger partial charge in [-0.2, -0.15) is 0 Å². The summed E-state index contributed by atoms with van der Waals surface area (Å²) in [4.78, 5) is 4.48. The van der Waals surface area contributed by atoms with E-state index in [0.29, 0.717) is 34.7 Å². The van der Waals surface area contributed by atoms with Crippen molar-refractivity contribution in [2.24, 2.45) is 5.90 Å². The third-order valence-electron chi connectivity index (χ3n) is 2.07. The van der Waals surface area contributed by atoms with Crippen molar-refractivity contribution >= 4 is 15.9 Å². The van der Waals surface area contributed by atoms with Crippen LogP contribution >= 0.6 is 15.9 Å². The van der Waals surface area contributed by atoms with E-state index >= 15 is 0 Å². The highest BCUT2D eigenvalue weighted by Gasteiger charge is 2.21. The van der Waals surface area contributed by atoms with Crippen molar-refractivity contribution in [2.45, 2.75) is 6.61 Å². The largest absolute Gasteiger partial charge is 0.506 e. The molecule has 6 heteroatoms. The summed E-state index contributed by atoms with van der Waals surface area (Å²) in [6, 6.07) is 1.65. The summed E-state index contributed by atoms with van der Waals surface area (Å²) < 4.78 is 11.2. The molecule has 0 aromatic heterocycles. The summed E-state index contributed by atoms with van der Waals surface area (Å²) in [7, 11) is 0. The number of benzene rings is 1. The normalized spacial score (nSPS) is 14.0. The number of hydrogen-bond acceptors (Lipinski definition) is 5. The molecular formula is C9H10BrNO4. The lowest BCUT2D eigenvalue weighted by Crippen LogP contribution is -2.16. The van der Waals surface area contributed by atoms with Crippen LogP contribution in [0.2, 0.25) is 0 Å². The number of halogens is 1. The van der Waals surface area contributed by atoms with Gasteiger partial charge < -0.3 is 14.6 Å². The maximum atomic E-state index is 9.77. The number of phenols is 1. The molecule has 0 saturated heterocycles. The molecule has 0 fully saturated rings. The average Bonchev–Trinajstić information content (AvgIpc) is 2.26. The first-order valence-corrected chi connectivity index (χ1v) is 5.15. The van der Waals surface area contributed by atoms with Gasteiger partial charge in [0.25, 0.3) is 0 Å². The second-order valence-corrected chi connectivity index (χ2v) is 3.83. The van der Waals surface area contributed by atoms with Gasteiger partial charge in [-0.05, 0) is 22.0 Å². The zero-order valence-corrected chi connectivity index (χ0v) is 9.41. The Morgan fingerprint density at radius 2 is 2.20 bits per heavy atom. The number of hydrogen-bond donors (Lipinski definition) is 2. The minimum atomic E-state index is 0.0599. The average molecular weight is 276 g/mol. The van der Waals surface area contributed by atoms with Crippen LogP contribution in [0.4, 0.5) is 0 Å². The van der Waals surface area contributed by atoms with Gasteiger partial charge >= 0.3 is 0 Å². The molecule has 0 atom stereocenters. The molecule has 0 amide bonds. The molecule has 0 unspecified atom stereocenters. The molecule has 0 spiro atoms. The lowest BCUT2D eigenvalue weighted by Gasteiger charge is -2.21. The molecule has 1 aromatic rings. The number of rotatable bonds is 2. The molecule has 82 valence electrons. The van der Waals surface area contributed by atoms with Crippen LogP contribution in [0.25, 0.3) is 0 Å². The van der Waals surface area contributed by atoms with Crippen LogP contribution in [0, 0.1) is 0 Å². The standard InChI is InChI=1S/C9H10BrNO4/c10-7-8(12)5(4-15-11)3-6-9(7)14-2-1-13-6/h3,12H,1-2,4,11H2. The number of nitrogens with two attached hydrogens (primary N) is 1. The molecular weight excluding hydrogens is 266 g/mol. The first-order chi connectivity index (χ1) is 7.24. The molecule has 3 N–H and O–H groups in total. The van der Waals surface area contributed by atoms with Gasteiger partial charge in [0.1, 0.15) is 23.4 Å². The Labute approximate surface area is 94.8 Å². The number of fused-ring (bicyclic) bond motifs is 1. The van der Waals surface area contributed by atoms with Gasteiger partial charge in [0.05, 0.1) is 6.61 Å². The van der Waals surface area contributed by atoms with Crippen LogP contribution in [0.1, 0.15) is 5.56 Å². The molecule has 1 aliphatic rings. The van der Waals surface area contributed by atoms with Crippen molar-refractivity contribution in [1.29, 1.82) is 0 Å². The van der Waals surface area contributed by atoms with Crippen molar-refractivity contribution in [3.8, 4) is 17.2 Å². The van der Waals surface area contributed by atoms with E-state index in [2.05, 4.69) is 20.8 Å². The Morgan fingerprint density at radius 3 is 2.93 bits per heavy atom. The van der Waals surface area contributed by atoms with Gasteiger partial charge in [-0.3, -0.25) is 4.84 Å². The maximum Gasteiger partial charge on any atom is 0.179 e. The first kappa shape index (κ1) is 10.5. The van der Waals surface area contributed by atoms with E-state index in [1.807, 2.05) is 0 Å². The Kier molecular flexibility index (Phi) is 2.99.